The van der Waals surface area contributed by atoms with Crippen LogP contribution in [-0.2, 0) is 6.42 Å². The van der Waals surface area contributed by atoms with Crippen LogP contribution in [0.25, 0.3) is 0 Å². The molecule has 2 N–H and O–H groups in total. The average molecular weight is 230 g/mol. The summed E-state index contributed by atoms with van der Waals surface area (Å²) in [6.45, 7) is 2.21. The molecule has 17 heavy (non-hydrogen) atoms. The summed E-state index contributed by atoms with van der Waals surface area (Å²) in [7, 11) is 0. The zero-order chi connectivity index (χ0) is 11.8. The van der Waals surface area contributed by atoms with E-state index < -0.39 is 0 Å². The number of anilines is 1. The Hall–Kier alpha value is -1.02. The summed E-state index contributed by atoms with van der Waals surface area (Å²) in [5.41, 5.74) is 8.94. The van der Waals surface area contributed by atoms with E-state index in [1.807, 2.05) is 0 Å². The van der Waals surface area contributed by atoms with Crippen LogP contribution in [0.4, 0.5) is 5.69 Å². The Labute approximate surface area is 104 Å². The van der Waals surface area contributed by atoms with Gasteiger partial charge in [0.25, 0.3) is 0 Å². The molecule has 1 aromatic rings. The van der Waals surface area contributed by atoms with Crippen LogP contribution in [0.3, 0.4) is 0 Å². The predicted octanol–water partition coefficient (Wildman–Crippen LogP) is 2.71. The number of piperidine rings is 1. The van der Waals surface area contributed by atoms with Crippen molar-refractivity contribution < 1.29 is 0 Å². The third-order valence-electron chi connectivity index (χ3n) is 4.41. The van der Waals surface area contributed by atoms with Crippen molar-refractivity contribution in [2.24, 2.45) is 5.73 Å². The number of hydrogen-bond donors (Lipinski definition) is 1. The van der Waals surface area contributed by atoms with Crippen LogP contribution in [-0.4, -0.2) is 18.1 Å². The fourth-order valence-corrected chi connectivity index (χ4v) is 3.54. The van der Waals surface area contributed by atoms with E-state index in [-0.39, 0.29) is 0 Å². The summed E-state index contributed by atoms with van der Waals surface area (Å²) in [5, 5.41) is 0. The molecule has 3 rings (SSSR count). The molecule has 1 aromatic carbocycles. The van der Waals surface area contributed by atoms with Gasteiger partial charge in [0.15, 0.2) is 0 Å². The van der Waals surface area contributed by atoms with Gasteiger partial charge in [-0.1, -0.05) is 19.1 Å². The first-order valence-corrected chi connectivity index (χ1v) is 6.90. The lowest BCUT2D eigenvalue weighted by molar-refractivity contribution is 0.414. The van der Waals surface area contributed by atoms with Gasteiger partial charge in [-0.3, -0.25) is 0 Å². The second-order valence-electron chi connectivity index (χ2n) is 5.54. The number of hydrogen-bond acceptors (Lipinski definition) is 2. The molecule has 2 unspecified atom stereocenters. The van der Waals surface area contributed by atoms with Crippen molar-refractivity contribution in [3.8, 4) is 0 Å². The Morgan fingerprint density at radius 3 is 2.24 bits per heavy atom. The van der Waals surface area contributed by atoms with E-state index in [4.69, 9.17) is 5.73 Å². The molecule has 0 spiro atoms. The lowest BCUT2D eigenvalue weighted by Crippen LogP contribution is -2.47. The van der Waals surface area contributed by atoms with E-state index >= 15 is 0 Å². The normalized spacial score (nSPS) is 31.9. The first-order valence-electron chi connectivity index (χ1n) is 6.90. The third kappa shape index (κ3) is 1.95. The smallest absolute Gasteiger partial charge is 0.0371 e. The average Bonchev–Trinajstić information content (AvgIpc) is 2.62. The minimum Gasteiger partial charge on any atom is -0.365 e. The van der Waals surface area contributed by atoms with Crippen LogP contribution < -0.4 is 10.6 Å². The minimum atomic E-state index is 0.429. The van der Waals surface area contributed by atoms with Crippen molar-refractivity contribution >= 4 is 5.69 Å². The van der Waals surface area contributed by atoms with Crippen molar-refractivity contribution in [3.63, 3.8) is 0 Å². The minimum absolute atomic E-state index is 0.429. The molecule has 0 saturated carbocycles. The predicted molar refractivity (Wildman–Crippen MR) is 72.3 cm³/mol. The van der Waals surface area contributed by atoms with Crippen molar-refractivity contribution in [1.82, 2.24) is 0 Å². The molecule has 2 atom stereocenters. The maximum absolute atomic E-state index is 6.11. The van der Waals surface area contributed by atoms with Crippen molar-refractivity contribution in [2.75, 3.05) is 4.90 Å². The molecule has 2 aliphatic heterocycles. The quantitative estimate of drug-likeness (QED) is 0.846. The van der Waals surface area contributed by atoms with Crippen LogP contribution >= 0.6 is 0 Å². The van der Waals surface area contributed by atoms with Gasteiger partial charge in [-0.05, 0) is 49.8 Å². The largest absolute Gasteiger partial charge is 0.365 e. The van der Waals surface area contributed by atoms with Crippen molar-refractivity contribution in [1.29, 1.82) is 0 Å². The molecule has 2 aliphatic rings. The van der Waals surface area contributed by atoms with Crippen LogP contribution in [0.5, 0.6) is 0 Å². The van der Waals surface area contributed by atoms with Gasteiger partial charge < -0.3 is 10.6 Å². The highest BCUT2D eigenvalue weighted by Crippen LogP contribution is 2.38. The molecule has 2 fully saturated rings. The van der Waals surface area contributed by atoms with E-state index in [1.165, 1.54) is 36.9 Å². The number of aryl methyl sites for hydroxylation is 1. The summed E-state index contributed by atoms with van der Waals surface area (Å²) in [4.78, 5) is 2.63. The molecular weight excluding hydrogens is 208 g/mol. The molecule has 2 bridgehead atoms. The molecule has 0 amide bonds. The number of nitrogens with zero attached hydrogens (tertiary/aromatic N) is 1. The first-order chi connectivity index (χ1) is 8.28. The zero-order valence-electron chi connectivity index (χ0n) is 10.6. The summed E-state index contributed by atoms with van der Waals surface area (Å²) >= 11 is 0. The highest BCUT2D eigenvalue weighted by molar-refractivity contribution is 5.51. The molecule has 2 heterocycles. The third-order valence-corrected chi connectivity index (χ3v) is 4.41. The van der Waals surface area contributed by atoms with E-state index in [0.29, 0.717) is 18.1 Å². The molecule has 0 aromatic heterocycles. The van der Waals surface area contributed by atoms with Gasteiger partial charge in [0.05, 0.1) is 0 Å². The Kier molecular flexibility index (Phi) is 2.83. The topological polar surface area (TPSA) is 29.3 Å². The lowest BCUT2D eigenvalue weighted by atomic mass is 9.97. The van der Waals surface area contributed by atoms with Crippen LogP contribution in [0, 0.1) is 0 Å². The van der Waals surface area contributed by atoms with Crippen LogP contribution in [0.15, 0.2) is 24.3 Å². The number of rotatable bonds is 2. The SMILES string of the molecule is CCc1ccc(N2C3CCC2CC(N)C3)cc1. The summed E-state index contributed by atoms with van der Waals surface area (Å²) in [6, 6.07) is 10.9. The summed E-state index contributed by atoms with van der Waals surface area (Å²) < 4.78 is 0. The highest BCUT2D eigenvalue weighted by Gasteiger charge is 2.39. The maximum Gasteiger partial charge on any atom is 0.0371 e. The Morgan fingerprint density at radius 2 is 1.71 bits per heavy atom. The second kappa shape index (κ2) is 4.34. The molecule has 2 nitrogen and oxygen atoms in total. The molecule has 2 heteroatoms. The first kappa shape index (κ1) is 11.1. The van der Waals surface area contributed by atoms with Gasteiger partial charge in [0, 0.05) is 23.8 Å². The molecular formula is C15H22N2. The Balaban J connectivity index is 1.84. The summed E-state index contributed by atoms with van der Waals surface area (Å²) in [6.07, 6.45) is 6.12. The standard InChI is InChI=1S/C15H22N2/c1-2-11-3-5-13(6-4-11)17-14-7-8-15(17)10-12(16)9-14/h3-6,12,14-15H,2,7-10,16H2,1H3. The molecule has 92 valence electrons. The van der Waals surface area contributed by atoms with E-state index in [0.717, 1.165) is 6.42 Å². The molecule has 2 saturated heterocycles. The molecule has 0 radical (unpaired) electrons. The summed E-state index contributed by atoms with van der Waals surface area (Å²) in [5.74, 6) is 0. The van der Waals surface area contributed by atoms with E-state index in [2.05, 4.69) is 36.1 Å². The van der Waals surface area contributed by atoms with Gasteiger partial charge in [0.2, 0.25) is 0 Å². The van der Waals surface area contributed by atoms with Crippen LogP contribution in [0.1, 0.15) is 38.2 Å². The Morgan fingerprint density at radius 1 is 1.12 bits per heavy atom. The Bertz CT molecular complexity index is 370. The monoisotopic (exact) mass is 230 g/mol. The number of fused-ring (bicyclic) bond motifs is 2. The number of nitrogens with two attached hydrogens (primary N) is 1. The van der Waals surface area contributed by atoms with Gasteiger partial charge in [-0.15, -0.1) is 0 Å². The highest BCUT2D eigenvalue weighted by atomic mass is 15.2. The zero-order valence-corrected chi connectivity index (χ0v) is 10.6. The van der Waals surface area contributed by atoms with Gasteiger partial charge in [-0.2, -0.15) is 0 Å². The van der Waals surface area contributed by atoms with E-state index in [9.17, 15) is 0 Å². The molecule has 0 aliphatic carbocycles. The van der Waals surface area contributed by atoms with Gasteiger partial charge >= 0.3 is 0 Å². The van der Waals surface area contributed by atoms with Crippen molar-refractivity contribution in [3.05, 3.63) is 29.8 Å². The fourth-order valence-electron chi connectivity index (χ4n) is 3.54. The maximum atomic E-state index is 6.11. The van der Waals surface area contributed by atoms with Crippen molar-refractivity contribution in [2.45, 2.75) is 57.2 Å². The lowest BCUT2D eigenvalue weighted by Gasteiger charge is -2.39. The second-order valence-corrected chi connectivity index (χ2v) is 5.54. The van der Waals surface area contributed by atoms with Gasteiger partial charge in [-0.25, -0.2) is 0 Å². The fraction of sp³-hybridized carbons (Fsp3) is 0.600. The van der Waals surface area contributed by atoms with Crippen LogP contribution in [0.2, 0.25) is 0 Å². The number of benzene rings is 1. The van der Waals surface area contributed by atoms with Gasteiger partial charge in [0.1, 0.15) is 0 Å². The van der Waals surface area contributed by atoms with E-state index in [1.54, 1.807) is 0 Å².